The number of likely N-dealkylation sites (tertiary alicyclic amines) is 1. The number of halogens is 4. The third-order valence-electron chi connectivity index (χ3n) is 7.79. The summed E-state index contributed by atoms with van der Waals surface area (Å²) in [7, 11) is 0. The summed E-state index contributed by atoms with van der Waals surface area (Å²) in [5.74, 6) is -1.33. The largest absolute Gasteiger partial charge is 0.416 e. The summed E-state index contributed by atoms with van der Waals surface area (Å²) in [5.41, 5.74) is 0.360. The molecule has 1 unspecified atom stereocenters. The molecule has 4 aliphatic rings. The molecule has 4 atom stereocenters. The molecule has 1 aromatic heterocycles. The van der Waals surface area contributed by atoms with Crippen LogP contribution in [0.2, 0.25) is 0 Å². The molecule has 6 nitrogen and oxygen atoms in total. The van der Waals surface area contributed by atoms with E-state index >= 15 is 0 Å². The second kappa shape index (κ2) is 8.54. The highest BCUT2D eigenvalue weighted by Crippen LogP contribution is 2.49. The van der Waals surface area contributed by atoms with Crippen LogP contribution < -0.4 is 5.32 Å². The number of amides is 2. The summed E-state index contributed by atoms with van der Waals surface area (Å²) >= 11 is 0. The summed E-state index contributed by atoms with van der Waals surface area (Å²) in [5, 5.41) is 2.84. The quantitative estimate of drug-likeness (QED) is 0.600. The molecule has 2 saturated carbocycles. The molecular formula is C26H25F4N3O3. The molecule has 2 aromatic rings. The summed E-state index contributed by atoms with van der Waals surface area (Å²) in [4.78, 5) is 32.7. The van der Waals surface area contributed by atoms with E-state index in [0.29, 0.717) is 24.0 Å². The van der Waals surface area contributed by atoms with Crippen LogP contribution in [0.25, 0.3) is 0 Å². The number of pyridine rings is 1. The Hall–Kier alpha value is -3.01. The van der Waals surface area contributed by atoms with Gasteiger partial charge < -0.3 is 15.0 Å². The lowest BCUT2D eigenvalue weighted by molar-refractivity contribution is -0.138. The van der Waals surface area contributed by atoms with Crippen LogP contribution >= 0.6 is 0 Å². The number of hydrogen-bond acceptors (Lipinski definition) is 4. The topological polar surface area (TPSA) is 71.5 Å². The van der Waals surface area contributed by atoms with Gasteiger partial charge in [0.15, 0.2) is 0 Å². The van der Waals surface area contributed by atoms with Crippen LogP contribution in [0.5, 0.6) is 0 Å². The molecule has 36 heavy (non-hydrogen) atoms. The van der Waals surface area contributed by atoms with E-state index in [1.165, 1.54) is 6.20 Å². The van der Waals surface area contributed by atoms with Crippen molar-refractivity contribution in [2.75, 3.05) is 13.2 Å². The number of carbonyl (C=O) groups is 2. The number of hydrogen-bond donors (Lipinski definition) is 1. The molecule has 2 amide bonds. The second-order valence-electron chi connectivity index (χ2n) is 10.3. The maximum atomic E-state index is 14.8. The van der Waals surface area contributed by atoms with Crippen LogP contribution in [0, 0.1) is 17.7 Å². The molecule has 6 rings (SSSR count). The lowest BCUT2D eigenvalue weighted by Gasteiger charge is -2.36. The summed E-state index contributed by atoms with van der Waals surface area (Å²) in [6.07, 6.45) is 2.10. The van der Waals surface area contributed by atoms with Crippen molar-refractivity contribution in [1.82, 2.24) is 15.2 Å². The van der Waals surface area contributed by atoms with Crippen molar-refractivity contribution < 1.29 is 31.9 Å². The lowest BCUT2D eigenvalue weighted by atomic mass is 9.90. The number of benzene rings is 1. The van der Waals surface area contributed by atoms with E-state index in [-0.39, 0.29) is 42.6 Å². The van der Waals surface area contributed by atoms with Crippen LogP contribution in [0.1, 0.15) is 64.7 Å². The van der Waals surface area contributed by atoms with Gasteiger partial charge in [0, 0.05) is 29.9 Å². The van der Waals surface area contributed by atoms with Crippen molar-refractivity contribution in [2.45, 2.75) is 55.9 Å². The molecule has 10 heteroatoms. The van der Waals surface area contributed by atoms with Crippen LogP contribution in [-0.4, -0.2) is 47.0 Å². The molecule has 2 aliphatic heterocycles. The molecule has 0 radical (unpaired) electrons. The van der Waals surface area contributed by atoms with Crippen molar-refractivity contribution in [3.05, 3.63) is 64.7 Å². The van der Waals surface area contributed by atoms with Gasteiger partial charge in [-0.1, -0.05) is 6.07 Å². The van der Waals surface area contributed by atoms with E-state index in [4.69, 9.17) is 4.74 Å². The smallest absolute Gasteiger partial charge is 0.381 e. The second-order valence-corrected chi connectivity index (χ2v) is 10.3. The van der Waals surface area contributed by atoms with Gasteiger partial charge in [0.05, 0.1) is 30.4 Å². The van der Waals surface area contributed by atoms with Gasteiger partial charge in [0.2, 0.25) is 5.91 Å². The number of fused-ring (bicyclic) bond motifs is 1. The normalized spacial score (nSPS) is 26.2. The highest BCUT2D eigenvalue weighted by atomic mass is 19.4. The fourth-order valence-electron chi connectivity index (χ4n) is 5.45. The first-order chi connectivity index (χ1) is 17.2. The first-order valence-electron chi connectivity index (χ1n) is 12.2. The third-order valence-corrected chi connectivity index (χ3v) is 7.79. The fourth-order valence-corrected chi connectivity index (χ4v) is 5.45. The van der Waals surface area contributed by atoms with Gasteiger partial charge >= 0.3 is 6.18 Å². The van der Waals surface area contributed by atoms with E-state index in [1.54, 1.807) is 11.1 Å². The molecule has 0 spiro atoms. The van der Waals surface area contributed by atoms with Gasteiger partial charge in [0.1, 0.15) is 11.9 Å². The monoisotopic (exact) mass is 503 g/mol. The van der Waals surface area contributed by atoms with Crippen molar-refractivity contribution in [3.63, 3.8) is 0 Å². The van der Waals surface area contributed by atoms with E-state index in [9.17, 15) is 27.2 Å². The molecule has 0 bridgehead atoms. The van der Waals surface area contributed by atoms with E-state index < -0.39 is 35.5 Å². The Morgan fingerprint density at radius 1 is 1.11 bits per heavy atom. The van der Waals surface area contributed by atoms with Gasteiger partial charge in [-0.15, -0.1) is 0 Å². The Balaban J connectivity index is 1.23. The minimum atomic E-state index is -4.67. The van der Waals surface area contributed by atoms with Crippen molar-refractivity contribution in [1.29, 1.82) is 0 Å². The van der Waals surface area contributed by atoms with E-state index in [0.717, 1.165) is 37.0 Å². The van der Waals surface area contributed by atoms with Crippen LogP contribution in [0.3, 0.4) is 0 Å². The Labute approximate surface area is 205 Å². The Bertz CT molecular complexity index is 1210. The number of rotatable bonds is 6. The summed E-state index contributed by atoms with van der Waals surface area (Å²) in [6, 6.07) is 2.58. The fraction of sp³-hybridized carbons (Fsp3) is 0.500. The first kappa shape index (κ1) is 23.4. The number of aromatic nitrogens is 1. The predicted molar refractivity (Wildman–Crippen MR) is 119 cm³/mol. The van der Waals surface area contributed by atoms with Gasteiger partial charge in [0.25, 0.3) is 5.91 Å². The molecular weight excluding hydrogens is 478 g/mol. The maximum Gasteiger partial charge on any atom is 0.416 e. The van der Waals surface area contributed by atoms with E-state index in [1.807, 2.05) is 6.07 Å². The van der Waals surface area contributed by atoms with Gasteiger partial charge in [-0.05, 0) is 61.3 Å². The van der Waals surface area contributed by atoms with Gasteiger partial charge in [-0.3, -0.25) is 14.6 Å². The summed E-state index contributed by atoms with van der Waals surface area (Å²) < 4.78 is 59.1. The lowest BCUT2D eigenvalue weighted by Crippen LogP contribution is -2.51. The SMILES string of the molecule is O=C(NC(c1ccc(C(F)(F)F)cc1F)C1COC1)[C@H]1C[C@H]2C[C@H]2N1C(=O)c1cncc(C2CC2)c1. The third kappa shape index (κ3) is 4.25. The molecule has 1 aromatic carbocycles. The van der Waals surface area contributed by atoms with Crippen molar-refractivity contribution >= 4 is 11.8 Å². The number of nitrogens with one attached hydrogen (secondary N) is 1. The summed E-state index contributed by atoms with van der Waals surface area (Å²) in [6.45, 7) is 0.507. The van der Waals surface area contributed by atoms with Crippen LogP contribution in [0.15, 0.2) is 36.7 Å². The Kier molecular flexibility index (Phi) is 5.55. The Morgan fingerprint density at radius 2 is 1.89 bits per heavy atom. The average Bonchev–Trinajstić information content (AvgIpc) is 3.74. The molecule has 190 valence electrons. The minimum Gasteiger partial charge on any atom is -0.381 e. The zero-order valence-electron chi connectivity index (χ0n) is 19.3. The molecule has 2 aliphatic carbocycles. The molecule has 4 fully saturated rings. The predicted octanol–water partition coefficient (Wildman–Crippen LogP) is 4.22. The van der Waals surface area contributed by atoms with E-state index in [2.05, 4.69) is 10.3 Å². The standard InChI is InChI=1S/C26H25F4N3O3/c27-20-8-18(26(28,29)30)3-4-19(20)23(17-11-36-12-17)32-24(34)22-7-14-6-21(14)33(22)25(35)16-5-15(9-31-10-16)13-1-2-13/h3-5,8-10,13-14,17,21-23H,1-2,6-7,11-12H2,(H,32,34)/t14-,21-,22-,23?/m1/s1. The number of nitrogens with zero attached hydrogens (tertiary/aromatic N) is 2. The molecule has 3 heterocycles. The van der Waals surface area contributed by atoms with Crippen molar-refractivity contribution in [2.24, 2.45) is 11.8 Å². The highest BCUT2D eigenvalue weighted by Gasteiger charge is 2.56. The van der Waals surface area contributed by atoms with Crippen LogP contribution in [-0.2, 0) is 15.7 Å². The maximum absolute atomic E-state index is 14.8. The molecule has 1 N–H and O–H groups in total. The number of piperidine rings is 1. The minimum absolute atomic E-state index is 0.0213. The Morgan fingerprint density at radius 3 is 2.53 bits per heavy atom. The first-order valence-corrected chi connectivity index (χ1v) is 12.2. The number of alkyl halides is 3. The zero-order chi connectivity index (χ0) is 25.2. The van der Waals surface area contributed by atoms with Gasteiger partial charge in [-0.25, -0.2) is 4.39 Å². The zero-order valence-corrected chi connectivity index (χ0v) is 19.3. The van der Waals surface area contributed by atoms with Crippen LogP contribution in [0.4, 0.5) is 17.6 Å². The van der Waals surface area contributed by atoms with Crippen molar-refractivity contribution in [3.8, 4) is 0 Å². The van der Waals surface area contributed by atoms with Gasteiger partial charge in [-0.2, -0.15) is 13.2 Å². The highest BCUT2D eigenvalue weighted by molar-refractivity contribution is 5.98. The number of ether oxygens (including phenoxy) is 1. The number of carbonyl (C=O) groups excluding carboxylic acids is 2. The average molecular weight is 503 g/mol. The molecule has 2 saturated heterocycles.